The molecule has 2 rings (SSSR count). The van der Waals surface area contributed by atoms with E-state index in [9.17, 15) is 12.8 Å². The lowest BCUT2D eigenvalue weighted by Gasteiger charge is -2.33. The monoisotopic (exact) mass is 314 g/mol. The number of nitrogens with two attached hydrogens (primary N) is 1. The predicted molar refractivity (Wildman–Crippen MR) is 81.9 cm³/mol. The van der Waals surface area contributed by atoms with Crippen molar-refractivity contribution in [3.8, 4) is 0 Å². The van der Waals surface area contributed by atoms with Crippen molar-refractivity contribution in [2.75, 3.05) is 12.8 Å². The molecule has 0 amide bonds. The van der Waals surface area contributed by atoms with Gasteiger partial charge < -0.3 is 5.73 Å². The summed E-state index contributed by atoms with van der Waals surface area (Å²) in [6.45, 7) is 3.74. The summed E-state index contributed by atoms with van der Waals surface area (Å²) in [4.78, 5) is 0.0992. The molecule has 2 unspecified atom stereocenters. The van der Waals surface area contributed by atoms with Crippen molar-refractivity contribution < 1.29 is 12.8 Å². The standard InChI is InChI=1S/C15H23FN2O2S/c1-10-5-4-6-12(7-10)18(3)21(19,20)15-9-14(17)13(16)8-11(15)2/h8-10,12H,4-7,17H2,1-3H3. The molecule has 0 saturated heterocycles. The molecule has 0 spiro atoms. The zero-order chi connectivity index (χ0) is 15.8. The third-order valence-corrected chi connectivity index (χ3v) is 6.43. The van der Waals surface area contributed by atoms with Crippen molar-refractivity contribution >= 4 is 15.7 Å². The van der Waals surface area contributed by atoms with Gasteiger partial charge in [-0.3, -0.25) is 0 Å². The van der Waals surface area contributed by atoms with Crippen LogP contribution in [0.25, 0.3) is 0 Å². The SMILES string of the molecule is Cc1cc(F)c(N)cc1S(=O)(=O)N(C)C1CCCC(C)C1. The number of anilines is 1. The van der Waals surface area contributed by atoms with Gasteiger partial charge in [0, 0.05) is 13.1 Å². The molecule has 6 heteroatoms. The highest BCUT2D eigenvalue weighted by molar-refractivity contribution is 7.89. The van der Waals surface area contributed by atoms with Crippen molar-refractivity contribution in [3.63, 3.8) is 0 Å². The molecule has 2 N–H and O–H groups in total. The zero-order valence-electron chi connectivity index (χ0n) is 12.8. The van der Waals surface area contributed by atoms with Crippen LogP contribution in [0.2, 0.25) is 0 Å². The van der Waals surface area contributed by atoms with Crippen molar-refractivity contribution in [2.45, 2.75) is 50.5 Å². The van der Waals surface area contributed by atoms with E-state index in [1.807, 2.05) is 0 Å². The van der Waals surface area contributed by atoms with Crippen LogP contribution < -0.4 is 5.73 Å². The number of halogens is 1. The molecule has 1 aromatic rings. The van der Waals surface area contributed by atoms with E-state index in [1.54, 1.807) is 14.0 Å². The molecule has 0 heterocycles. The third-order valence-electron chi connectivity index (χ3n) is 4.37. The van der Waals surface area contributed by atoms with Crippen LogP contribution in [0.15, 0.2) is 17.0 Å². The molecular weight excluding hydrogens is 291 g/mol. The Kier molecular flexibility index (Phi) is 4.58. The van der Waals surface area contributed by atoms with Gasteiger partial charge >= 0.3 is 0 Å². The van der Waals surface area contributed by atoms with Crippen LogP contribution in [0.3, 0.4) is 0 Å². The van der Waals surface area contributed by atoms with E-state index in [1.165, 1.54) is 16.4 Å². The van der Waals surface area contributed by atoms with Crippen molar-refractivity contribution in [1.82, 2.24) is 4.31 Å². The first kappa shape index (κ1) is 16.2. The summed E-state index contributed by atoms with van der Waals surface area (Å²) in [6.07, 6.45) is 3.92. The van der Waals surface area contributed by atoms with Gasteiger partial charge in [0.15, 0.2) is 0 Å². The average Bonchev–Trinajstić information content (AvgIpc) is 2.41. The maximum Gasteiger partial charge on any atom is 0.243 e. The number of sulfonamides is 1. The number of nitrogen functional groups attached to an aromatic ring is 1. The summed E-state index contributed by atoms with van der Waals surface area (Å²) in [5.41, 5.74) is 5.78. The zero-order valence-corrected chi connectivity index (χ0v) is 13.6. The lowest BCUT2D eigenvalue weighted by molar-refractivity contribution is 0.239. The number of hydrogen-bond acceptors (Lipinski definition) is 3. The number of benzene rings is 1. The minimum Gasteiger partial charge on any atom is -0.396 e. The van der Waals surface area contributed by atoms with Gasteiger partial charge in [-0.15, -0.1) is 0 Å². The highest BCUT2D eigenvalue weighted by Crippen LogP contribution is 2.31. The minimum absolute atomic E-state index is 0.00410. The molecule has 21 heavy (non-hydrogen) atoms. The van der Waals surface area contributed by atoms with E-state index in [-0.39, 0.29) is 16.6 Å². The van der Waals surface area contributed by atoms with Gasteiger partial charge in [-0.1, -0.05) is 19.8 Å². The first-order valence-electron chi connectivity index (χ1n) is 7.27. The number of nitrogens with zero attached hydrogens (tertiary/aromatic N) is 1. The summed E-state index contributed by atoms with van der Waals surface area (Å²) < 4.78 is 40.4. The molecule has 1 aromatic carbocycles. The smallest absolute Gasteiger partial charge is 0.243 e. The summed E-state index contributed by atoms with van der Waals surface area (Å²) >= 11 is 0. The van der Waals surface area contributed by atoms with E-state index < -0.39 is 15.8 Å². The fourth-order valence-corrected chi connectivity index (χ4v) is 4.67. The molecule has 2 atom stereocenters. The molecule has 118 valence electrons. The fraction of sp³-hybridized carbons (Fsp3) is 0.600. The van der Waals surface area contributed by atoms with Crippen LogP contribution >= 0.6 is 0 Å². The Balaban J connectivity index is 2.35. The molecule has 1 fully saturated rings. The molecule has 4 nitrogen and oxygen atoms in total. The second-order valence-electron chi connectivity index (χ2n) is 6.09. The Hall–Kier alpha value is -1.14. The maximum absolute atomic E-state index is 13.4. The number of aryl methyl sites for hydroxylation is 1. The lowest BCUT2D eigenvalue weighted by Crippen LogP contribution is -2.40. The quantitative estimate of drug-likeness (QED) is 0.873. The van der Waals surface area contributed by atoms with E-state index in [2.05, 4.69) is 6.92 Å². The van der Waals surface area contributed by atoms with Crippen LogP contribution in [-0.4, -0.2) is 25.8 Å². The maximum atomic E-state index is 13.4. The molecular formula is C15H23FN2O2S. The topological polar surface area (TPSA) is 63.4 Å². The van der Waals surface area contributed by atoms with Gasteiger partial charge in [0.2, 0.25) is 10.0 Å². The summed E-state index contributed by atoms with van der Waals surface area (Å²) in [7, 11) is -2.04. The fourth-order valence-electron chi connectivity index (χ4n) is 3.03. The second-order valence-corrected chi connectivity index (χ2v) is 8.05. The number of hydrogen-bond donors (Lipinski definition) is 1. The third kappa shape index (κ3) is 3.21. The molecule has 0 aromatic heterocycles. The van der Waals surface area contributed by atoms with E-state index in [4.69, 9.17) is 5.73 Å². The Bertz CT molecular complexity index is 631. The van der Waals surface area contributed by atoms with E-state index in [0.29, 0.717) is 11.5 Å². The molecule has 1 saturated carbocycles. The van der Waals surface area contributed by atoms with Crippen LogP contribution in [0.5, 0.6) is 0 Å². The van der Waals surface area contributed by atoms with Gasteiger partial charge in [-0.2, -0.15) is 4.31 Å². The van der Waals surface area contributed by atoms with Crippen molar-refractivity contribution in [1.29, 1.82) is 0 Å². The Labute approximate surface area is 126 Å². The average molecular weight is 314 g/mol. The normalized spacial score (nSPS) is 23.5. The van der Waals surface area contributed by atoms with Gasteiger partial charge in [-0.25, -0.2) is 12.8 Å². The Morgan fingerprint density at radius 1 is 1.33 bits per heavy atom. The molecule has 1 aliphatic carbocycles. The van der Waals surface area contributed by atoms with Crippen LogP contribution in [0.1, 0.15) is 38.2 Å². The van der Waals surface area contributed by atoms with Gasteiger partial charge in [-0.05, 0) is 43.4 Å². The van der Waals surface area contributed by atoms with E-state index in [0.717, 1.165) is 25.7 Å². The van der Waals surface area contributed by atoms with Crippen LogP contribution in [-0.2, 0) is 10.0 Å². The first-order valence-corrected chi connectivity index (χ1v) is 8.71. The van der Waals surface area contributed by atoms with Gasteiger partial charge in [0.25, 0.3) is 0 Å². The van der Waals surface area contributed by atoms with Crippen LogP contribution in [0.4, 0.5) is 10.1 Å². The number of rotatable bonds is 3. The molecule has 1 aliphatic rings. The molecule has 0 bridgehead atoms. The van der Waals surface area contributed by atoms with E-state index >= 15 is 0 Å². The molecule has 0 aliphatic heterocycles. The summed E-state index contributed by atoms with van der Waals surface area (Å²) in [5, 5.41) is 0. The highest BCUT2D eigenvalue weighted by atomic mass is 32.2. The van der Waals surface area contributed by atoms with Gasteiger partial charge in [0.1, 0.15) is 5.82 Å². The Morgan fingerprint density at radius 3 is 2.62 bits per heavy atom. The highest BCUT2D eigenvalue weighted by Gasteiger charge is 2.32. The predicted octanol–water partition coefficient (Wildman–Crippen LogP) is 2.92. The first-order chi connectivity index (χ1) is 9.73. The van der Waals surface area contributed by atoms with Crippen molar-refractivity contribution in [3.05, 3.63) is 23.5 Å². The van der Waals surface area contributed by atoms with Gasteiger partial charge in [0.05, 0.1) is 10.6 Å². The molecule has 0 radical (unpaired) electrons. The minimum atomic E-state index is -3.65. The summed E-state index contributed by atoms with van der Waals surface area (Å²) in [5.74, 6) is -0.0545. The largest absolute Gasteiger partial charge is 0.396 e. The summed E-state index contributed by atoms with van der Waals surface area (Å²) in [6, 6.07) is 2.41. The van der Waals surface area contributed by atoms with Crippen LogP contribution in [0, 0.1) is 18.7 Å². The van der Waals surface area contributed by atoms with Crippen molar-refractivity contribution in [2.24, 2.45) is 5.92 Å². The second kappa shape index (κ2) is 5.93. The Morgan fingerprint density at radius 2 is 2.00 bits per heavy atom. The lowest BCUT2D eigenvalue weighted by atomic mass is 9.87.